The molecule has 1 unspecified atom stereocenters. The second-order valence-electron chi connectivity index (χ2n) is 7.33. The number of nitrogens with zero attached hydrogens (tertiary/aromatic N) is 5. The summed E-state index contributed by atoms with van der Waals surface area (Å²) < 4.78 is 19.3. The number of halogens is 2. The third-order valence-electron chi connectivity index (χ3n) is 5.12. The summed E-state index contributed by atoms with van der Waals surface area (Å²) in [4.78, 5) is 15.4. The molecule has 4 aromatic rings. The molecule has 162 valence electrons. The lowest BCUT2D eigenvalue weighted by atomic mass is 10.0. The van der Waals surface area contributed by atoms with Gasteiger partial charge in [0.15, 0.2) is 5.58 Å². The third kappa shape index (κ3) is 4.02. The van der Waals surface area contributed by atoms with Gasteiger partial charge in [-0.15, -0.1) is 0 Å². The molecule has 1 atom stereocenters. The number of hydrogen-bond acceptors (Lipinski definition) is 7. The number of nitrogens with one attached hydrogen (secondary N) is 1. The largest absolute Gasteiger partial charge is 0.423 e. The molecule has 0 aliphatic carbocycles. The number of oxazole rings is 1. The zero-order valence-electron chi connectivity index (χ0n) is 17.3. The first-order valence-corrected chi connectivity index (χ1v) is 10.4. The number of hydrogen-bond donors (Lipinski definition) is 1. The Morgan fingerprint density at radius 1 is 1.18 bits per heavy atom. The zero-order chi connectivity index (χ0) is 22.9. The highest BCUT2D eigenvalue weighted by molar-refractivity contribution is 6.31. The van der Waals surface area contributed by atoms with Crippen LogP contribution in [0.3, 0.4) is 0 Å². The Labute approximate surface area is 193 Å². The summed E-state index contributed by atoms with van der Waals surface area (Å²) in [6.45, 7) is 1.91. The highest BCUT2D eigenvalue weighted by Gasteiger charge is 2.27. The molecule has 0 bridgehead atoms. The van der Waals surface area contributed by atoms with Crippen LogP contribution < -0.4 is 10.2 Å². The van der Waals surface area contributed by atoms with Crippen molar-refractivity contribution in [1.82, 2.24) is 9.97 Å². The molecule has 1 N–H and O–H groups in total. The molecule has 2 aromatic heterocycles. The van der Waals surface area contributed by atoms with Crippen LogP contribution in [0.4, 0.5) is 16.2 Å². The van der Waals surface area contributed by atoms with Crippen LogP contribution in [-0.4, -0.2) is 15.9 Å². The van der Waals surface area contributed by atoms with E-state index in [1.54, 1.807) is 23.2 Å². The fourth-order valence-electron chi connectivity index (χ4n) is 3.61. The van der Waals surface area contributed by atoms with Crippen LogP contribution in [0.1, 0.15) is 24.1 Å². The van der Waals surface area contributed by atoms with Crippen LogP contribution in [-0.2, 0) is 0 Å². The number of rotatable bonds is 3. The lowest BCUT2D eigenvalue weighted by Gasteiger charge is -2.31. The van der Waals surface area contributed by atoms with Crippen molar-refractivity contribution < 1.29 is 8.81 Å². The second kappa shape index (κ2) is 8.37. The average Bonchev–Trinajstić information content (AvgIpc) is 3.20. The normalized spacial score (nSPS) is 15.7. The van der Waals surface area contributed by atoms with E-state index in [9.17, 15) is 9.65 Å². The minimum Gasteiger partial charge on any atom is -0.423 e. The predicted molar refractivity (Wildman–Crippen MR) is 124 cm³/mol. The lowest BCUT2D eigenvalue weighted by molar-refractivity contribution is 0.604. The Morgan fingerprint density at radius 3 is 2.85 bits per heavy atom. The number of fused-ring (bicyclic) bond motifs is 1. The van der Waals surface area contributed by atoms with E-state index in [0.717, 1.165) is 11.3 Å². The van der Waals surface area contributed by atoms with Crippen molar-refractivity contribution in [3.8, 4) is 6.07 Å². The first-order chi connectivity index (χ1) is 16.0. The van der Waals surface area contributed by atoms with E-state index < -0.39 is 5.82 Å². The molecule has 3 heterocycles. The van der Waals surface area contributed by atoms with E-state index in [-0.39, 0.29) is 12.1 Å². The fraction of sp³-hybridized carbons (Fsp3) is 0.0833. The second-order valence-corrected chi connectivity index (χ2v) is 7.74. The van der Waals surface area contributed by atoms with E-state index in [1.807, 2.05) is 37.3 Å². The van der Waals surface area contributed by atoms with Crippen molar-refractivity contribution in [1.29, 1.82) is 5.26 Å². The Bertz CT molecular complexity index is 1470. The summed E-state index contributed by atoms with van der Waals surface area (Å²) in [6, 6.07) is 16.8. The number of anilines is 2. The van der Waals surface area contributed by atoms with Crippen LogP contribution >= 0.6 is 11.6 Å². The molecule has 0 spiro atoms. The van der Waals surface area contributed by atoms with Gasteiger partial charge in [0.2, 0.25) is 5.96 Å². The molecule has 0 saturated carbocycles. The van der Waals surface area contributed by atoms with E-state index in [2.05, 4.69) is 21.4 Å². The van der Waals surface area contributed by atoms with Gasteiger partial charge >= 0.3 is 6.01 Å². The summed E-state index contributed by atoms with van der Waals surface area (Å²) in [5, 5.41) is 13.0. The minimum atomic E-state index is -0.420. The van der Waals surface area contributed by atoms with Gasteiger partial charge < -0.3 is 4.42 Å². The highest BCUT2D eigenvalue weighted by Crippen LogP contribution is 2.33. The molecule has 2 aromatic carbocycles. The van der Waals surface area contributed by atoms with Gasteiger partial charge in [-0.25, -0.2) is 14.4 Å². The Balaban J connectivity index is 1.60. The molecular formula is C24H16ClFN6O. The lowest BCUT2D eigenvalue weighted by Crippen LogP contribution is -2.38. The van der Waals surface area contributed by atoms with Crippen molar-refractivity contribution in [3.63, 3.8) is 0 Å². The van der Waals surface area contributed by atoms with Crippen molar-refractivity contribution in [2.24, 2.45) is 4.99 Å². The maximum Gasteiger partial charge on any atom is 0.302 e. The summed E-state index contributed by atoms with van der Waals surface area (Å²) in [7, 11) is 0. The Morgan fingerprint density at radius 2 is 2.03 bits per heavy atom. The van der Waals surface area contributed by atoms with Gasteiger partial charge in [-0.1, -0.05) is 29.8 Å². The molecule has 9 heteroatoms. The van der Waals surface area contributed by atoms with Gasteiger partial charge in [-0.05, 0) is 48.9 Å². The molecule has 1 aliphatic heterocycles. The SMILES string of the molecule is CC1=CC(c2ccccc2Cl)N=C(Nc2nc3ccc(F)cc3o2)N1c1cc(C#N)ccn1. The van der Waals surface area contributed by atoms with Crippen LogP contribution in [0.5, 0.6) is 0 Å². The summed E-state index contributed by atoms with van der Waals surface area (Å²) >= 11 is 6.43. The topological polar surface area (TPSA) is 90.3 Å². The van der Waals surface area contributed by atoms with E-state index in [4.69, 9.17) is 21.0 Å². The number of guanidine groups is 1. The summed E-state index contributed by atoms with van der Waals surface area (Å²) in [5.41, 5.74) is 2.90. The molecular weight excluding hydrogens is 443 g/mol. The molecule has 33 heavy (non-hydrogen) atoms. The van der Waals surface area contributed by atoms with Gasteiger partial charge in [-0.2, -0.15) is 10.2 Å². The standard InChI is InChI=1S/C24H16ClFN6O/c1-14-10-20(17-4-2-3-5-18(17)25)29-23(32(14)22-11-15(13-27)8-9-28-22)31-24-30-19-7-6-16(26)12-21(19)33-24/h2-12,20H,1H3,(H,29,30,31). The number of benzene rings is 2. The van der Waals surface area contributed by atoms with Crippen LogP contribution in [0.25, 0.3) is 11.1 Å². The maximum absolute atomic E-state index is 13.6. The number of aliphatic imine (C=N–C) groups is 1. The van der Waals surface area contributed by atoms with Gasteiger partial charge in [0.25, 0.3) is 0 Å². The van der Waals surface area contributed by atoms with Gasteiger partial charge in [0, 0.05) is 23.0 Å². The van der Waals surface area contributed by atoms with Crippen molar-refractivity contribution in [2.45, 2.75) is 13.0 Å². The minimum absolute atomic E-state index is 0.142. The monoisotopic (exact) mass is 458 g/mol. The molecule has 0 saturated heterocycles. The number of aromatic nitrogens is 2. The Hall–Kier alpha value is -4.22. The van der Waals surface area contributed by atoms with Gasteiger partial charge in [0.1, 0.15) is 23.2 Å². The summed E-state index contributed by atoms with van der Waals surface area (Å²) in [5.74, 6) is 0.445. The van der Waals surface area contributed by atoms with Crippen LogP contribution in [0.15, 0.2) is 82.0 Å². The summed E-state index contributed by atoms with van der Waals surface area (Å²) in [6.07, 6.45) is 3.51. The highest BCUT2D eigenvalue weighted by atomic mass is 35.5. The van der Waals surface area contributed by atoms with E-state index in [1.165, 1.54) is 18.2 Å². The maximum atomic E-state index is 13.6. The van der Waals surface area contributed by atoms with Crippen molar-refractivity contribution >= 4 is 40.5 Å². The van der Waals surface area contributed by atoms with Crippen LogP contribution in [0, 0.1) is 17.1 Å². The first kappa shape index (κ1) is 20.7. The average molecular weight is 459 g/mol. The van der Waals surface area contributed by atoms with Crippen molar-refractivity contribution in [2.75, 3.05) is 10.2 Å². The third-order valence-corrected chi connectivity index (χ3v) is 5.47. The number of allylic oxidation sites excluding steroid dienone is 1. The smallest absolute Gasteiger partial charge is 0.302 e. The molecule has 0 amide bonds. The fourth-order valence-corrected chi connectivity index (χ4v) is 3.85. The predicted octanol–water partition coefficient (Wildman–Crippen LogP) is 5.82. The van der Waals surface area contributed by atoms with Gasteiger partial charge in [0.05, 0.1) is 11.6 Å². The van der Waals surface area contributed by atoms with E-state index >= 15 is 0 Å². The quantitative estimate of drug-likeness (QED) is 0.416. The van der Waals surface area contributed by atoms with Crippen LogP contribution in [0.2, 0.25) is 5.02 Å². The van der Waals surface area contributed by atoms with Crippen molar-refractivity contribution in [3.05, 3.63) is 94.5 Å². The molecule has 1 aliphatic rings. The molecule has 0 fully saturated rings. The van der Waals surface area contributed by atoms with Gasteiger partial charge in [-0.3, -0.25) is 10.2 Å². The molecule has 5 rings (SSSR count). The number of nitriles is 1. The molecule has 0 radical (unpaired) electrons. The zero-order valence-corrected chi connectivity index (χ0v) is 18.1. The molecule has 7 nitrogen and oxygen atoms in total. The van der Waals surface area contributed by atoms with E-state index in [0.29, 0.717) is 33.5 Å². The Kier molecular flexibility index (Phi) is 5.24. The number of pyridine rings is 1. The first-order valence-electron chi connectivity index (χ1n) is 10.0.